The predicted octanol–water partition coefficient (Wildman–Crippen LogP) is 1.31. The standard InChI is InChI=1S/C21H37N5O2S/c1-5-25-11-13-26(14-12-25)17-20-9-7-6-8-19(20)16-23-21(22-3)24-18(2)10-15-29(4,27)28/h6-9,18H,5,10-17H2,1-4H3,(H2,22,23,24). The summed E-state index contributed by atoms with van der Waals surface area (Å²) >= 11 is 0. The van der Waals surface area contributed by atoms with Gasteiger partial charge in [0, 0.05) is 58.6 Å². The minimum atomic E-state index is -2.95. The van der Waals surface area contributed by atoms with Gasteiger partial charge in [0.2, 0.25) is 0 Å². The highest BCUT2D eigenvalue weighted by atomic mass is 32.2. The van der Waals surface area contributed by atoms with E-state index in [1.54, 1.807) is 7.05 Å². The van der Waals surface area contributed by atoms with Crippen LogP contribution < -0.4 is 10.6 Å². The molecule has 0 aromatic heterocycles. The van der Waals surface area contributed by atoms with Crippen LogP contribution in [0.1, 0.15) is 31.4 Å². The van der Waals surface area contributed by atoms with E-state index in [0.29, 0.717) is 18.9 Å². The Morgan fingerprint density at radius 2 is 1.76 bits per heavy atom. The molecule has 2 rings (SSSR count). The van der Waals surface area contributed by atoms with Crippen molar-refractivity contribution in [3.05, 3.63) is 35.4 Å². The maximum absolute atomic E-state index is 11.4. The van der Waals surface area contributed by atoms with Gasteiger partial charge in [0.25, 0.3) is 0 Å². The van der Waals surface area contributed by atoms with Crippen molar-refractivity contribution < 1.29 is 8.42 Å². The molecule has 0 amide bonds. The van der Waals surface area contributed by atoms with E-state index >= 15 is 0 Å². The highest BCUT2D eigenvalue weighted by molar-refractivity contribution is 7.90. The molecule has 1 saturated heterocycles. The second kappa shape index (κ2) is 11.5. The Kier molecular flexibility index (Phi) is 9.39. The number of rotatable bonds is 9. The first kappa shape index (κ1) is 23.6. The number of likely N-dealkylation sites (N-methyl/N-ethyl adjacent to an activating group) is 1. The van der Waals surface area contributed by atoms with Crippen LogP contribution in [0.4, 0.5) is 0 Å². The van der Waals surface area contributed by atoms with E-state index < -0.39 is 9.84 Å². The number of hydrogen-bond donors (Lipinski definition) is 2. The van der Waals surface area contributed by atoms with Crippen LogP contribution in [0.15, 0.2) is 29.3 Å². The highest BCUT2D eigenvalue weighted by Crippen LogP contribution is 2.13. The third-order valence-electron chi connectivity index (χ3n) is 5.40. The van der Waals surface area contributed by atoms with Crippen molar-refractivity contribution in [3.8, 4) is 0 Å². The summed E-state index contributed by atoms with van der Waals surface area (Å²) in [5, 5.41) is 6.65. The smallest absolute Gasteiger partial charge is 0.191 e. The van der Waals surface area contributed by atoms with Gasteiger partial charge in [0.15, 0.2) is 5.96 Å². The first-order valence-corrected chi connectivity index (χ1v) is 12.5. The van der Waals surface area contributed by atoms with Gasteiger partial charge in [0.1, 0.15) is 9.84 Å². The summed E-state index contributed by atoms with van der Waals surface area (Å²) in [6, 6.07) is 8.56. The highest BCUT2D eigenvalue weighted by Gasteiger charge is 2.17. The maximum atomic E-state index is 11.4. The van der Waals surface area contributed by atoms with E-state index in [9.17, 15) is 8.42 Å². The molecule has 1 aliphatic rings. The number of guanidine groups is 1. The molecule has 1 heterocycles. The molecular weight excluding hydrogens is 386 g/mol. The molecule has 0 radical (unpaired) electrons. The second-order valence-corrected chi connectivity index (χ2v) is 10.1. The Morgan fingerprint density at radius 3 is 2.34 bits per heavy atom. The number of piperazine rings is 1. The lowest BCUT2D eigenvalue weighted by molar-refractivity contribution is 0.131. The number of aliphatic imine (C=N–C) groups is 1. The fourth-order valence-corrected chi connectivity index (χ4v) is 4.24. The van der Waals surface area contributed by atoms with Gasteiger partial charge in [0.05, 0.1) is 5.75 Å². The van der Waals surface area contributed by atoms with Gasteiger partial charge in [-0.3, -0.25) is 9.89 Å². The molecule has 0 saturated carbocycles. The van der Waals surface area contributed by atoms with Crippen molar-refractivity contribution in [1.29, 1.82) is 0 Å². The van der Waals surface area contributed by atoms with Gasteiger partial charge in [-0.2, -0.15) is 0 Å². The molecule has 29 heavy (non-hydrogen) atoms. The summed E-state index contributed by atoms with van der Waals surface area (Å²) in [6.45, 7) is 11.5. The van der Waals surface area contributed by atoms with Crippen LogP contribution in [0, 0.1) is 0 Å². The molecular formula is C21H37N5O2S. The quantitative estimate of drug-likeness (QED) is 0.461. The van der Waals surface area contributed by atoms with Crippen LogP contribution in [-0.2, 0) is 22.9 Å². The fourth-order valence-electron chi connectivity index (χ4n) is 3.46. The van der Waals surface area contributed by atoms with Gasteiger partial charge < -0.3 is 15.5 Å². The largest absolute Gasteiger partial charge is 0.354 e. The van der Waals surface area contributed by atoms with E-state index in [4.69, 9.17) is 0 Å². The zero-order valence-corrected chi connectivity index (χ0v) is 19.1. The van der Waals surface area contributed by atoms with Crippen LogP contribution in [0.5, 0.6) is 0 Å². The predicted molar refractivity (Wildman–Crippen MR) is 121 cm³/mol. The number of nitrogens with zero attached hydrogens (tertiary/aromatic N) is 3. The van der Waals surface area contributed by atoms with Crippen molar-refractivity contribution in [2.45, 2.75) is 39.4 Å². The van der Waals surface area contributed by atoms with Crippen molar-refractivity contribution in [2.75, 3.05) is 51.8 Å². The lowest BCUT2D eigenvalue weighted by Gasteiger charge is -2.34. The van der Waals surface area contributed by atoms with E-state index in [2.05, 4.69) is 56.6 Å². The Hall–Kier alpha value is -1.64. The molecule has 1 atom stereocenters. The van der Waals surface area contributed by atoms with Gasteiger partial charge in [-0.25, -0.2) is 8.42 Å². The van der Waals surface area contributed by atoms with Gasteiger partial charge in [-0.05, 0) is 31.0 Å². The van der Waals surface area contributed by atoms with Gasteiger partial charge in [-0.1, -0.05) is 31.2 Å². The summed E-state index contributed by atoms with van der Waals surface area (Å²) in [7, 11) is -1.22. The van der Waals surface area contributed by atoms with E-state index in [-0.39, 0.29) is 11.8 Å². The first-order chi connectivity index (χ1) is 13.8. The molecule has 0 bridgehead atoms. The number of benzene rings is 1. The van der Waals surface area contributed by atoms with Crippen LogP contribution in [-0.4, -0.2) is 82.0 Å². The molecule has 7 nitrogen and oxygen atoms in total. The van der Waals surface area contributed by atoms with Crippen LogP contribution in [0.3, 0.4) is 0 Å². The van der Waals surface area contributed by atoms with Crippen molar-refractivity contribution in [3.63, 3.8) is 0 Å². The molecule has 2 N–H and O–H groups in total. The zero-order chi connectivity index (χ0) is 21.3. The SMILES string of the molecule is CCN1CCN(Cc2ccccc2CNC(=NC)NC(C)CCS(C)(=O)=O)CC1. The third kappa shape index (κ3) is 8.72. The zero-order valence-electron chi connectivity index (χ0n) is 18.3. The lowest BCUT2D eigenvalue weighted by atomic mass is 10.1. The second-order valence-electron chi connectivity index (χ2n) is 7.87. The van der Waals surface area contributed by atoms with Crippen molar-refractivity contribution in [2.24, 2.45) is 4.99 Å². The van der Waals surface area contributed by atoms with Gasteiger partial charge >= 0.3 is 0 Å². The average Bonchev–Trinajstić information content (AvgIpc) is 2.70. The number of sulfone groups is 1. The average molecular weight is 424 g/mol. The summed E-state index contributed by atoms with van der Waals surface area (Å²) in [5.74, 6) is 0.865. The van der Waals surface area contributed by atoms with Crippen LogP contribution in [0.25, 0.3) is 0 Å². The Bertz CT molecular complexity index is 758. The molecule has 1 unspecified atom stereocenters. The minimum absolute atomic E-state index is 0.0287. The molecule has 1 fully saturated rings. The van der Waals surface area contributed by atoms with E-state index in [1.165, 1.54) is 17.4 Å². The normalized spacial score (nSPS) is 17.9. The molecule has 164 valence electrons. The Morgan fingerprint density at radius 1 is 1.14 bits per heavy atom. The summed E-state index contributed by atoms with van der Waals surface area (Å²) in [6.07, 6.45) is 1.83. The van der Waals surface area contributed by atoms with E-state index in [1.807, 2.05) is 6.92 Å². The fraction of sp³-hybridized carbons (Fsp3) is 0.667. The van der Waals surface area contributed by atoms with Crippen molar-refractivity contribution in [1.82, 2.24) is 20.4 Å². The number of nitrogens with one attached hydrogen (secondary N) is 2. The van der Waals surface area contributed by atoms with Gasteiger partial charge in [-0.15, -0.1) is 0 Å². The summed E-state index contributed by atoms with van der Waals surface area (Å²) < 4.78 is 22.7. The summed E-state index contributed by atoms with van der Waals surface area (Å²) in [4.78, 5) is 9.29. The molecule has 1 aromatic rings. The molecule has 0 spiro atoms. The monoisotopic (exact) mass is 423 g/mol. The summed E-state index contributed by atoms with van der Waals surface area (Å²) in [5.41, 5.74) is 2.60. The first-order valence-electron chi connectivity index (χ1n) is 10.5. The van der Waals surface area contributed by atoms with Crippen molar-refractivity contribution >= 4 is 15.8 Å². The van der Waals surface area contributed by atoms with E-state index in [0.717, 1.165) is 39.3 Å². The van der Waals surface area contributed by atoms with Crippen LogP contribution in [0.2, 0.25) is 0 Å². The Balaban J connectivity index is 1.88. The maximum Gasteiger partial charge on any atom is 0.191 e. The molecule has 1 aromatic carbocycles. The molecule has 0 aliphatic carbocycles. The molecule has 8 heteroatoms. The van der Waals surface area contributed by atoms with Crippen LogP contribution >= 0.6 is 0 Å². The lowest BCUT2D eigenvalue weighted by Crippen LogP contribution is -2.45. The topological polar surface area (TPSA) is 77.0 Å². The third-order valence-corrected chi connectivity index (χ3v) is 6.38. The number of hydrogen-bond acceptors (Lipinski definition) is 5. The molecule has 1 aliphatic heterocycles. The Labute approximate surface area is 176 Å². The minimum Gasteiger partial charge on any atom is -0.354 e.